The molecule has 4 rings (SSSR count). The summed E-state index contributed by atoms with van der Waals surface area (Å²) in [6.45, 7) is 14.2. The van der Waals surface area contributed by atoms with Gasteiger partial charge >= 0.3 is 0 Å². The highest BCUT2D eigenvalue weighted by atomic mass is 32.1. The Labute approximate surface area is 235 Å². The van der Waals surface area contributed by atoms with Crippen molar-refractivity contribution in [1.29, 1.82) is 0 Å². The second-order valence-electron chi connectivity index (χ2n) is 11.8. The Kier molecular flexibility index (Phi) is 9.29. The zero-order valence-corrected chi connectivity index (χ0v) is 25.8. The van der Waals surface area contributed by atoms with E-state index in [-0.39, 0.29) is 11.0 Å². The van der Waals surface area contributed by atoms with E-state index in [9.17, 15) is 0 Å². The van der Waals surface area contributed by atoms with E-state index in [1.165, 1.54) is 82.1 Å². The fourth-order valence-corrected chi connectivity index (χ4v) is 7.66. The van der Waals surface area contributed by atoms with Crippen LogP contribution in [0.2, 0.25) is 0 Å². The van der Waals surface area contributed by atoms with Gasteiger partial charge in [-0.25, -0.2) is 0 Å². The number of ether oxygens (including phenoxy) is 1. The van der Waals surface area contributed by atoms with E-state index >= 15 is 0 Å². The van der Waals surface area contributed by atoms with Crippen molar-refractivity contribution in [2.24, 2.45) is 0 Å². The van der Waals surface area contributed by atoms with Gasteiger partial charge in [0.2, 0.25) is 0 Å². The summed E-state index contributed by atoms with van der Waals surface area (Å²) in [4.78, 5) is 2.68. The molecule has 1 atom stereocenters. The van der Waals surface area contributed by atoms with Crippen LogP contribution in [0.4, 0.5) is 5.69 Å². The number of hydrogen-bond donors (Lipinski definition) is 0. The Balaban J connectivity index is 1.87. The molecule has 2 nitrogen and oxygen atoms in total. The molecule has 206 valence electrons. The molecule has 1 aromatic heterocycles. The molecule has 0 N–H and O–H groups in total. The standard InChI is InChI=1S/C35H49NOS/c1-8-12-23-35(6,11-4)36(27-14-17-29(37-7)18-15-27)28-16-20-33-31(25-28)30-24-26(13-19-32(30)38-33)34(5,21-9-2)22-10-3/h13-14,16-17,19-20,24-25H,8-12,15,18,21-23H2,1-7H3. The maximum atomic E-state index is 5.57. The van der Waals surface area contributed by atoms with E-state index in [4.69, 9.17) is 4.74 Å². The third kappa shape index (κ3) is 5.69. The van der Waals surface area contributed by atoms with E-state index in [0.29, 0.717) is 0 Å². The molecule has 0 fully saturated rings. The van der Waals surface area contributed by atoms with Crippen LogP contribution in [0.3, 0.4) is 0 Å². The van der Waals surface area contributed by atoms with Gasteiger partial charge in [-0.3, -0.25) is 0 Å². The average Bonchev–Trinajstić information content (AvgIpc) is 3.30. The molecule has 1 aliphatic rings. The van der Waals surface area contributed by atoms with Crippen molar-refractivity contribution in [3.63, 3.8) is 0 Å². The fourth-order valence-electron chi connectivity index (χ4n) is 6.59. The van der Waals surface area contributed by atoms with Gasteiger partial charge in [0.1, 0.15) is 0 Å². The number of hydrogen-bond acceptors (Lipinski definition) is 3. The Hall–Kier alpha value is -2.26. The van der Waals surface area contributed by atoms with Crippen molar-refractivity contribution in [2.45, 2.75) is 117 Å². The van der Waals surface area contributed by atoms with Crippen molar-refractivity contribution in [3.05, 3.63) is 65.6 Å². The number of rotatable bonds is 13. The van der Waals surface area contributed by atoms with E-state index in [0.717, 1.165) is 25.0 Å². The summed E-state index contributed by atoms with van der Waals surface area (Å²) in [5.41, 5.74) is 4.56. The van der Waals surface area contributed by atoms with Gasteiger partial charge in [0, 0.05) is 43.5 Å². The normalized spacial score (nSPS) is 15.9. The summed E-state index contributed by atoms with van der Waals surface area (Å²) in [6.07, 6.45) is 16.2. The first-order valence-corrected chi connectivity index (χ1v) is 15.8. The summed E-state index contributed by atoms with van der Waals surface area (Å²) in [5, 5.41) is 2.83. The number of allylic oxidation sites excluding steroid dienone is 4. The number of benzene rings is 2. The second-order valence-corrected chi connectivity index (χ2v) is 12.9. The van der Waals surface area contributed by atoms with Crippen LogP contribution in [0.5, 0.6) is 0 Å². The summed E-state index contributed by atoms with van der Waals surface area (Å²) in [6, 6.07) is 14.5. The Morgan fingerprint density at radius 2 is 1.50 bits per heavy atom. The third-order valence-electron chi connectivity index (χ3n) is 9.02. The molecule has 1 aliphatic carbocycles. The number of fused-ring (bicyclic) bond motifs is 3. The lowest BCUT2D eigenvalue weighted by Crippen LogP contribution is -2.46. The van der Waals surface area contributed by atoms with Crippen LogP contribution in [0.25, 0.3) is 20.2 Å². The topological polar surface area (TPSA) is 12.5 Å². The molecule has 38 heavy (non-hydrogen) atoms. The number of nitrogens with zero attached hydrogens (tertiary/aromatic N) is 1. The summed E-state index contributed by atoms with van der Waals surface area (Å²) in [5.74, 6) is 1.08. The van der Waals surface area contributed by atoms with Crippen molar-refractivity contribution in [3.8, 4) is 0 Å². The molecular weight excluding hydrogens is 482 g/mol. The minimum Gasteiger partial charge on any atom is -0.501 e. The minimum atomic E-state index is 0.0751. The lowest BCUT2D eigenvalue weighted by molar-refractivity contribution is 0.274. The van der Waals surface area contributed by atoms with Crippen LogP contribution in [-0.2, 0) is 10.2 Å². The van der Waals surface area contributed by atoms with Crippen molar-refractivity contribution >= 4 is 37.2 Å². The van der Waals surface area contributed by atoms with Gasteiger partial charge in [-0.05, 0) is 92.5 Å². The molecule has 1 unspecified atom stereocenters. The van der Waals surface area contributed by atoms with Crippen LogP contribution in [-0.4, -0.2) is 12.6 Å². The van der Waals surface area contributed by atoms with Gasteiger partial charge in [0.15, 0.2) is 0 Å². The molecule has 0 saturated heterocycles. The smallest absolute Gasteiger partial charge is 0.0959 e. The molecule has 0 radical (unpaired) electrons. The van der Waals surface area contributed by atoms with E-state index in [1.54, 1.807) is 7.11 Å². The minimum absolute atomic E-state index is 0.0751. The van der Waals surface area contributed by atoms with Gasteiger partial charge < -0.3 is 9.64 Å². The quantitative estimate of drug-likeness (QED) is 0.217. The van der Waals surface area contributed by atoms with Gasteiger partial charge in [0.05, 0.1) is 12.9 Å². The molecule has 0 amide bonds. The van der Waals surface area contributed by atoms with Gasteiger partial charge in [-0.1, -0.05) is 66.4 Å². The second kappa shape index (κ2) is 12.3. The van der Waals surface area contributed by atoms with E-state index < -0.39 is 0 Å². The highest BCUT2D eigenvalue weighted by Crippen LogP contribution is 2.43. The predicted molar refractivity (Wildman–Crippen MR) is 170 cm³/mol. The first-order valence-electron chi connectivity index (χ1n) is 15.0. The lowest BCUT2D eigenvalue weighted by Gasteiger charge is -2.45. The maximum Gasteiger partial charge on any atom is 0.0959 e. The Morgan fingerprint density at radius 1 is 0.816 bits per heavy atom. The molecule has 3 aromatic rings. The summed E-state index contributed by atoms with van der Waals surface area (Å²) < 4.78 is 8.36. The lowest BCUT2D eigenvalue weighted by atomic mass is 9.75. The largest absolute Gasteiger partial charge is 0.501 e. The molecule has 0 saturated carbocycles. The number of unbranched alkanes of at least 4 members (excludes halogenated alkanes) is 1. The predicted octanol–water partition coefficient (Wildman–Crippen LogP) is 11.3. The maximum absolute atomic E-state index is 5.57. The highest BCUT2D eigenvalue weighted by molar-refractivity contribution is 7.25. The van der Waals surface area contributed by atoms with Crippen LogP contribution < -0.4 is 4.90 Å². The van der Waals surface area contributed by atoms with Gasteiger partial charge in [0.25, 0.3) is 0 Å². The van der Waals surface area contributed by atoms with Gasteiger partial charge in [-0.15, -0.1) is 11.3 Å². The van der Waals surface area contributed by atoms with Crippen LogP contribution in [0.15, 0.2) is 60.0 Å². The number of thiophene rings is 1. The molecule has 3 heteroatoms. The zero-order chi connectivity index (χ0) is 27.3. The summed E-state index contributed by atoms with van der Waals surface area (Å²) in [7, 11) is 1.79. The zero-order valence-electron chi connectivity index (χ0n) is 25.0. The number of anilines is 1. The first kappa shape index (κ1) is 28.7. The SMILES string of the molecule is CCCCC(C)(CC)N(C1=CC=C(OC)CC1)c1ccc2sc3ccc(C(C)(CCC)CCC)cc3c2c1. The van der Waals surface area contributed by atoms with Crippen LogP contribution in [0.1, 0.15) is 111 Å². The molecule has 0 bridgehead atoms. The molecular formula is C35H49NOS. The third-order valence-corrected chi connectivity index (χ3v) is 10.2. The van der Waals surface area contributed by atoms with Crippen molar-refractivity contribution in [1.82, 2.24) is 0 Å². The van der Waals surface area contributed by atoms with Crippen molar-refractivity contribution in [2.75, 3.05) is 12.0 Å². The fraction of sp³-hybridized carbons (Fsp3) is 0.543. The van der Waals surface area contributed by atoms with Crippen molar-refractivity contribution < 1.29 is 4.74 Å². The Bertz CT molecular complexity index is 1290. The van der Waals surface area contributed by atoms with E-state index in [2.05, 4.69) is 95.0 Å². The number of methoxy groups -OCH3 is 1. The molecule has 0 spiro atoms. The van der Waals surface area contributed by atoms with E-state index in [1.807, 2.05) is 11.3 Å². The van der Waals surface area contributed by atoms with Gasteiger partial charge in [-0.2, -0.15) is 0 Å². The monoisotopic (exact) mass is 531 g/mol. The molecule has 2 aromatic carbocycles. The average molecular weight is 532 g/mol. The highest BCUT2D eigenvalue weighted by Gasteiger charge is 2.33. The Morgan fingerprint density at radius 3 is 2.08 bits per heavy atom. The molecule has 1 heterocycles. The van der Waals surface area contributed by atoms with Crippen LogP contribution in [0, 0.1) is 0 Å². The first-order chi connectivity index (χ1) is 18.3. The van der Waals surface area contributed by atoms with Crippen LogP contribution >= 0.6 is 11.3 Å². The molecule has 0 aliphatic heterocycles. The summed E-state index contributed by atoms with van der Waals surface area (Å²) >= 11 is 1.93.